The van der Waals surface area contributed by atoms with E-state index >= 15 is 0 Å². The maximum atomic E-state index is 10.9. The van der Waals surface area contributed by atoms with Crippen molar-refractivity contribution < 1.29 is 9.90 Å². The van der Waals surface area contributed by atoms with Gasteiger partial charge in [-0.2, -0.15) is 0 Å². The molecular weight excluding hydrogens is 297 g/mol. The maximum Gasteiger partial charge on any atom is 0.335 e. The summed E-state index contributed by atoms with van der Waals surface area (Å²) in [5.41, 5.74) is 1.78. The molecule has 2 rings (SSSR count). The minimum atomic E-state index is -1.00. The van der Waals surface area contributed by atoms with E-state index in [1.54, 1.807) is 6.07 Å². The molecule has 104 valence electrons. The first-order valence-corrected chi connectivity index (χ1v) is 6.78. The number of benzene rings is 2. The second-order valence-electron chi connectivity index (χ2n) is 4.39. The number of anilines is 1. The fourth-order valence-corrected chi connectivity index (χ4v) is 2.44. The molecule has 0 aliphatic heterocycles. The molecule has 2 aromatic rings. The van der Waals surface area contributed by atoms with Gasteiger partial charge in [0.05, 0.1) is 22.3 Å². The van der Waals surface area contributed by atoms with Gasteiger partial charge < -0.3 is 10.4 Å². The lowest BCUT2D eigenvalue weighted by molar-refractivity contribution is 0.0697. The molecule has 5 heteroatoms. The van der Waals surface area contributed by atoms with Crippen LogP contribution < -0.4 is 5.32 Å². The van der Waals surface area contributed by atoms with Crippen LogP contribution in [0.1, 0.15) is 28.9 Å². The molecule has 0 saturated carbocycles. The van der Waals surface area contributed by atoms with E-state index < -0.39 is 5.97 Å². The highest BCUT2D eigenvalue weighted by atomic mass is 35.5. The van der Waals surface area contributed by atoms with Crippen LogP contribution in [0.15, 0.2) is 42.5 Å². The summed E-state index contributed by atoms with van der Waals surface area (Å²) in [4.78, 5) is 10.9. The van der Waals surface area contributed by atoms with E-state index in [1.165, 1.54) is 12.1 Å². The highest BCUT2D eigenvalue weighted by Gasteiger charge is 2.12. The molecule has 0 radical (unpaired) electrons. The smallest absolute Gasteiger partial charge is 0.335 e. The molecule has 0 aliphatic rings. The Morgan fingerprint density at radius 3 is 2.45 bits per heavy atom. The number of rotatable bonds is 4. The van der Waals surface area contributed by atoms with E-state index in [2.05, 4.69) is 5.32 Å². The van der Waals surface area contributed by atoms with Crippen LogP contribution in [0.2, 0.25) is 10.0 Å². The summed E-state index contributed by atoms with van der Waals surface area (Å²) in [6.45, 7) is 1.96. The van der Waals surface area contributed by atoms with Gasteiger partial charge in [-0.25, -0.2) is 4.79 Å². The fourth-order valence-electron chi connectivity index (χ4n) is 1.90. The number of carboxylic acid groups (broad SMARTS) is 1. The molecule has 2 aromatic carbocycles. The Labute approximate surface area is 127 Å². The molecular formula is C15H13Cl2NO2. The number of aromatic carboxylic acids is 1. The molecule has 0 bridgehead atoms. The maximum absolute atomic E-state index is 10.9. The largest absolute Gasteiger partial charge is 0.478 e. The number of halogens is 2. The van der Waals surface area contributed by atoms with Crippen molar-refractivity contribution in [2.24, 2.45) is 0 Å². The molecule has 0 fully saturated rings. The first-order chi connectivity index (χ1) is 9.49. The van der Waals surface area contributed by atoms with E-state index in [9.17, 15) is 4.79 Å². The number of nitrogens with one attached hydrogen (secondary N) is 1. The lowest BCUT2D eigenvalue weighted by atomic mass is 10.1. The normalized spacial score (nSPS) is 11.9. The quantitative estimate of drug-likeness (QED) is 0.847. The van der Waals surface area contributed by atoms with Crippen molar-refractivity contribution in [1.29, 1.82) is 0 Å². The van der Waals surface area contributed by atoms with Gasteiger partial charge >= 0.3 is 5.97 Å². The molecule has 0 saturated heterocycles. The molecule has 0 heterocycles. The summed E-state index contributed by atoms with van der Waals surface area (Å²) in [6.07, 6.45) is 0. The van der Waals surface area contributed by atoms with Gasteiger partial charge in [0.2, 0.25) is 0 Å². The Hall–Kier alpha value is -1.71. The van der Waals surface area contributed by atoms with Gasteiger partial charge in [-0.05, 0) is 36.8 Å². The van der Waals surface area contributed by atoms with Crippen molar-refractivity contribution in [3.63, 3.8) is 0 Å². The zero-order valence-corrected chi connectivity index (χ0v) is 12.2. The zero-order valence-electron chi connectivity index (χ0n) is 10.7. The monoisotopic (exact) mass is 309 g/mol. The number of hydrogen-bond acceptors (Lipinski definition) is 2. The van der Waals surface area contributed by atoms with E-state index in [1.807, 2.05) is 31.2 Å². The Bertz CT molecular complexity index is 644. The minimum Gasteiger partial charge on any atom is -0.478 e. The number of carbonyl (C=O) groups is 1. The Balaban J connectivity index is 2.22. The standard InChI is InChI=1S/C15H13Cl2NO2/c1-9(11-4-2-3-5-12(11)16)18-14-7-6-10(15(19)20)8-13(14)17/h2-9,18H,1H3,(H,19,20). The Morgan fingerprint density at radius 1 is 1.15 bits per heavy atom. The van der Waals surface area contributed by atoms with Crippen molar-refractivity contribution >= 4 is 34.9 Å². The van der Waals surface area contributed by atoms with Crippen LogP contribution >= 0.6 is 23.2 Å². The minimum absolute atomic E-state index is 0.0446. The van der Waals surface area contributed by atoms with Crippen LogP contribution in [0.4, 0.5) is 5.69 Å². The molecule has 0 amide bonds. The van der Waals surface area contributed by atoms with Crippen LogP contribution in [-0.4, -0.2) is 11.1 Å². The van der Waals surface area contributed by atoms with Gasteiger partial charge in [-0.1, -0.05) is 41.4 Å². The first-order valence-electron chi connectivity index (χ1n) is 6.03. The third kappa shape index (κ3) is 3.24. The van der Waals surface area contributed by atoms with Crippen molar-refractivity contribution in [2.45, 2.75) is 13.0 Å². The summed E-state index contributed by atoms with van der Waals surface area (Å²) >= 11 is 12.2. The number of carboxylic acids is 1. The van der Waals surface area contributed by atoms with Crippen LogP contribution in [0.25, 0.3) is 0 Å². The average Bonchev–Trinajstić information content (AvgIpc) is 2.41. The number of hydrogen-bond donors (Lipinski definition) is 2. The molecule has 0 aromatic heterocycles. The summed E-state index contributed by atoms with van der Waals surface area (Å²) in [7, 11) is 0. The third-order valence-corrected chi connectivity index (χ3v) is 3.62. The lowest BCUT2D eigenvalue weighted by Crippen LogP contribution is -2.08. The van der Waals surface area contributed by atoms with Crippen molar-refractivity contribution in [1.82, 2.24) is 0 Å². The van der Waals surface area contributed by atoms with Gasteiger partial charge in [0.25, 0.3) is 0 Å². The lowest BCUT2D eigenvalue weighted by Gasteiger charge is -2.18. The molecule has 1 atom stereocenters. The summed E-state index contributed by atoms with van der Waals surface area (Å²) < 4.78 is 0. The van der Waals surface area contributed by atoms with Gasteiger partial charge in [0.15, 0.2) is 0 Å². The van der Waals surface area contributed by atoms with Crippen LogP contribution in [0, 0.1) is 0 Å². The highest BCUT2D eigenvalue weighted by molar-refractivity contribution is 6.33. The molecule has 1 unspecified atom stereocenters. The van der Waals surface area contributed by atoms with Gasteiger partial charge in [-0.3, -0.25) is 0 Å². The van der Waals surface area contributed by atoms with E-state index in [4.69, 9.17) is 28.3 Å². The van der Waals surface area contributed by atoms with Crippen molar-refractivity contribution in [3.8, 4) is 0 Å². The topological polar surface area (TPSA) is 49.3 Å². The Kier molecular flexibility index (Phi) is 4.53. The molecule has 2 N–H and O–H groups in total. The molecule has 3 nitrogen and oxygen atoms in total. The van der Waals surface area contributed by atoms with Crippen molar-refractivity contribution in [2.75, 3.05) is 5.32 Å². The van der Waals surface area contributed by atoms with Gasteiger partial charge in [0.1, 0.15) is 0 Å². The Morgan fingerprint density at radius 2 is 1.85 bits per heavy atom. The summed E-state index contributed by atoms with van der Waals surface area (Å²) in [6, 6.07) is 12.1. The first kappa shape index (κ1) is 14.7. The van der Waals surface area contributed by atoms with Gasteiger partial charge in [-0.15, -0.1) is 0 Å². The van der Waals surface area contributed by atoms with Crippen molar-refractivity contribution in [3.05, 3.63) is 63.6 Å². The second kappa shape index (κ2) is 6.16. The predicted octanol–water partition coefficient (Wildman–Crippen LogP) is 4.86. The summed E-state index contributed by atoms with van der Waals surface area (Å²) in [5, 5.41) is 13.2. The van der Waals surface area contributed by atoms with Crippen LogP contribution in [-0.2, 0) is 0 Å². The zero-order chi connectivity index (χ0) is 14.7. The molecule has 0 spiro atoms. The summed E-state index contributed by atoms with van der Waals surface area (Å²) in [5.74, 6) is -1.00. The second-order valence-corrected chi connectivity index (χ2v) is 5.20. The average molecular weight is 310 g/mol. The van der Waals surface area contributed by atoms with Crippen LogP contribution in [0.5, 0.6) is 0 Å². The third-order valence-electron chi connectivity index (χ3n) is 2.96. The SMILES string of the molecule is CC(Nc1ccc(C(=O)O)cc1Cl)c1ccccc1Cl. The van der Waals surface area contributed by atoms with Gasteiger partial charge in [0, 0.05) is 5.02 Å². The van der Waals surface area contributed by atoms with E-state index in [0.717, 1.165) is 5.56 Å². The fraction of sp³-hybridized carbons (Fsp3) is 0.133. The molecule has 20 heavy (non-hydrogen) atoms. The van der Waals surface area contributed by atoms with E-state index in [-0.39, 0.29) is 11.6 Å². The highest BCUT2D eigenvalue weighted by Crippen LogP contribution is 2.29. The van der Waals surface area contributed by atoms with Crippen LogP contribution in [0.3, 0.4) is 0 Å². The van der Waals surface area contributed by atoms with E-state index in [0.29, 0.717) is 15.7 Å². The predicted molar refractivity (Wildman–Crippen MR) is 81.9 cm³/mol. The molecule has 0 aliphatic carbocycles.